The van der Waals surface area contributed by atoms with E-state index in [0.717, 1.165) is 16.6 Å². The first kappa shape index (κ1) is 21.4. The van der Waals surface area contributed by atoms with Crippen molar-refractivity contribution >= 4 is 28.1 Å². The predicted molar refractivity (Wildman–Crippen MR) is 127 cm³/mol. The lowest BCUT2D eigenvalue weighted by molar-refractivity contribution is -0.121. The Morgan fingerprint density at radius 2 is 1.76 bits per heavy atom. The second kappa shape index (κ2) is 8.81. The number of carbonyl (C=O) groups excluding carboxylic acids is 1. The van der Waals surface area contributed by atoms with Crippen LogP contribution >= 0.6 is 0 Å². The van der Waals surface area contributed by atoms with Crippen LogP contribution in [0.4, 0.5) is 0 Å². The number of imidazole rings is 2. The zero-order chi connectivity index (χ0) is 23.7. The molecule has 0 spiro atoms. The number of rotatable bonds is 7. The molecule has 3 aromatic heterocycles. The van der Waals surface area contributed by atoms with E-state index >= 15 is 0 Å². The van der Waals surface area contributed by atoms with Gasteiger partial charge in [-0.25, -0.2) is 14.8 Å². The molecule has 10 heteroatoms. The summed E-state index contributed by atoms with van der Waals surface area (Å²) < 4.78 is 1.26. The fraction of sp³-hybridized carbons (Fsp3) is 0.208. The number of hydrogen-bond donors (Lipinski definition) is 4. The average Bonchev–Trinajstić information content (AvgIpc) is 3.47. The second-order valence-electron chi connectivity index (χ2n) is 8.15. The van der Waals surface area contributed by atoms with Crippen molar-refractivity contribution in [2.75, 3.05) is 0 Å². The summed E-state index contributed by atoms with van der Waals surface area (Å²) >= 11 is 0. The van der Waals surface area contributed by atoms with Gasteiger partial charge in [0, 0.05) is 19.9 Å². The first-order valence-electron chi connectivity index (χ1n) is 10.9. The minimum atomic E-state index is -0.539. The molecule has 34 heavy (non-hydrogen) atoms. The minimum Gasteiger partial charge on any atom is -0.346 e. The van der Waals surface area contributed by atoms with E-state index in [1.807, 2.05) is 54.6 Å². The van der Waals surface area contributed by atoms with Crippen LogP contribution in [0.5, 0.6) is 0 Å². The summed E-state index contributed by atoms with van der Waals surface area (Å²) in [6.45, 7) is 0. The zero-order valence-electron chi connectivity index (χ0n) is 18.5. The number of aryl methyl sites for hydroxylation is 2. The maximum atomic E-state index is 12.9. The molecule has 0 bridgehead atoms. The van der Waals surface area contributed by atoms with Crippen LogP contribution in [0.3, 0.4) is 0 Å². The van der Waals surface area contributed by atoms with E-state index in [-0.39, 0.29) is 36.0 Å². The number of nitrogens with one attached hydrogen (secondary N) is 4. The summed E-state index contributed by atoms with van der Waals surface area (Å²) in [5, 5.41) is 3.08. The highest BCUT2D eigenvalue weighted by Crippen LogP contribution is 2.20. The van der Waals surface area contributed by atoms with Crippen LogP contribution in [0.2, 0.25) is 0 Å². The summed E-state index contributed by atoms with van der Waals surface area (Å²) in [6.07, 6.45) is 1.01. The number of carbonyl (C=O) groups is 1. The van der Waals surface area contributed by atoms with Crippen molar-refractivity contribution in [3.63, 3.8) is 0 Å². The van der Waals surface area contributed by atoms with E-state index in [9.17, 15) is 14.4 Å². The second-order valence-corrected chi connectivity index (χ2v) is 8.15. The molecule has 4 N–H and O–H groups in total. The number of H-pyrrole nitrogens is 3. The zero-order valence-corrected chi connectivity index (χ0v) is 18.5. The Hall–Kier alpha value is -4.47. The molecule has 2 aromatic carbocycles. The summed E-state index contributed by atoms with van der Waals surface area (Å²) in [6, 6.07) is 17.3. The van der Waals surface area contributed by atoms with Crippen LogP contribution in [0.1, 0.15) is 29.7 Å². The molecule has 1 atom stereocenters. The third-order valence-electron chi connectivity index (χ3n) is 5.75. The highest BCUT2D eigenvalue weighted by Gasteiger charge is 2.20. The standard InChI is InChI=1S/C24H23N7O3/c1-31-22-20(23(33)30-24(31)34)28-18(29-22)11-12-19(32)25-17(13-14-7-3-2-4-8-14)21-26-15-9-5-6-10-16(15)27-21/h2-10,17H,11-13H2,1H3,(H,25,32)(H,26,27)(H,28,29)(H,30,33,34)/t17-/m0/s1. The molecular weight excluding hydrogens is 434 g/mol. The Kier molecular flexibility index (Phi) is 5.54. The van der Waals surface area contributed by atoms with E-state index in [0.29, 0.717) is 18.1 Å². The van der Waals surface area contributed by atoms with Crippen molar-refractivity contribution in [3.8, 4) is 0 Å². The SMILES string of the molecule is Cn1c(=O)[nH]c(=O)c2[nH]c(CCC(=O)N[C@@H](Cc3ccccc3)c3nc4ccccc4[nH]3)nc21. The molecule has 0 aliphatic rings. The maximum Gasteiger partial charge on any atom is 0.329 e. The van der Waals surface area contributed by atoms with Gasteiger partial charge in [0.2, 0.25) is 5.91 Å². The van der Waals surface area contributed by atoms with Gasteiger partial charge in [-0.05, 0) is 24.1 Å². The van der Waals surface area contributed by atoms with Crippen molar-refractivity contribution in [3.05, 3.63) is 92.6 Å². The fourth-order valence-corrected chi connectivity index (χ4v) is 3.97. The molecule has 3 heterocycles. The third-order valence-corrected chi connectivity index (χ3v) is 5.75. The average molecular weight is 457 g/mol. The number of aromatic amines is 3. The number of para-hydroxylation sites is 2. The number of fused-ring (bicyclic) bond motifs is 2. The first-order chi connectivity index (χ1) is 16.5. The van der Waals surface area contributed by atoms with Crippen LogP contribution in [-0.4, -0.2) is 35.4 Å². The minimum absolute atomic E-state index is 0.150. The van der Waals surface area contributed by atoms with Gasteiger partial charge in [-0.2, -0.15) is 0 Å². The van der Waals surface area contributed by atoms with Crippen LogP contribution < -0.4 is 16.6 Å². The lowest BCUT2D eigenvalue weighted by Gasteiger charge is -2.17. The number of hydrogen-bond acceptors (Lipinski definition) is 5. The van der Waals surface area contributed by atoms with Gasteiger partial charge in [-0.3, -0.25) is 19.1 Å². The van der Waals surface area contributed by atoms with Crippen molar-refractivity contribution in [1.29, 1.82) is 0 Å². The number of amides is 1. The predicted octanol–water partition coefficient (Wildman–Crippen LogP) is 1.86. The van der Waals surface area contributed by atoms with E-state index in [4.69, 9.17) is 0 Å². The van der Waals surface area contributed by atoms with Gasteiger partial charge in [-0.15, -0.1) is 0 Å². The Labute approximate surface area is 193 Å². The largest absolute Gasteiger partial charge is 0.346 e. The van der Waals surface area contributed by atoms with Crippen molar-refractivity contribution in [2.24, 2.45) is 7.05 Å². The normalized spacial score (nSPS) is 12.3. The van der Waals surface area contributed by atoms with Crippen molar-refractivity contribution in [1.82, 2.24) is 34.8 Å². The van der Waals surface area contributed by atoms with Crippen LogP contribution in [-0.2, 0) is 24.7 Å². The lowest BCUT2D eigenvalue weighted by atomic mass is 10.1. The van der Waals surface area contributed by atoms with Gasteiger partial charge in [0.1, 0.15) is 17.2 Å². The summed E-state index contributed by atoms with van der Waals surface area (Å²) in [4.78, 5) is 54.2. The van der Waals surface area contributed by atoms with Crippen LogP contribution in [0.15, 0.2) is 64.2 Å². The molecule has 0 fully saturated rings. The van der Waals surface area contributed by atoms with E-state index in [1.54, 1.807) is 0 Å². The smallest absolute Gasteiger partial charge is 0.329 e. The molecule has 0 unspecified atom stereocenters. The molecule has 10 nitrogen and oxygen atoms in total. The molecule has 0 aliphatic carbocycles. The number of aromatic nitrogens is 6. The molecule has 1 amide bonds. The number of nitrogens with zero attached hydrogens (tertiary/aromatic N) is 3. The molecule has 0 saturated carbocycles. The van der Waals surface area contributed by atoms with Gasteiger partial charge in [-0.1, -0.05) is 42.5 Å². The highest BCUT2D eigenvalue weighted by atomic mass is 16.2. The molecule has 0 aliphatic heterocycles. The molecule has 5 aromatic rings. The Balaban J connectivity index is 1.34. The lowest BCUT2D eigenvalue weighted by Crippen LogP contribution is -2.31. The topological polar surface area (TPSA) is 141 Å². The molecule has 0 saturated heterocycles. The molecule has 172 valence electrons. The van der Waals surface area contributed by atoms with Gasteiger partial charge in [0.25, 0.3) is 5.56 Å². The van der Waals surface area contributed by atoms with E-state index in [2.05, 4.69) is 30.2 Å². The van der Waals surface area contributed by atoms with Crippen LogP contribution in [0.25, 0.3) is 22.2 Å². The molecule has 5 rings (SSSR count). The quantitative estimate of drug-likeness (QED) is 0.295. The Morgan fingerprint density at radius 3 is 2.56 bits per heavy atom. The highest BCUT2D eigenvalue weighted by molar-refractivity contribution is 5.78. The Morgan fingerprint density at radius 1 is 1.00 bits per heavy atom. The van der Waals surface area contributed by atoms with Gasteiger partial charge >= 0.3 is 5.69 Å². The van der Waals surface area contributed by atoms with Gasteiger partial charge in [0.05, 0.1) is 17.1 Å². The van der Waals surface area contributed by atoms with Crippen LogP contribution in [0, 0.1) is 0 Å². The third kappa shape index (κ3) is 4.25. The monoisotopic (exact) mass is 457 g/mol. The van der Waals surface area contributed by atoms with Crippen molar-refractivity contribution < 1.29 is 4.79 Å². The van der Waals surface area contributed by atoms with E-state index in [1.165, 1.54) is 11.6 Å². The summed E-state index contributed by atoms with van der Waals surface area (Å²) in [5.74, 6) is 0.966. The Bertz CT molecular complexity index is 1560. The maximum absolute atomic E-state index is 12.9. The van der Waals surface area contributed by atoms with E-state index < -0.39 is 11.2 Å². The first-order valence-corrected chi connectivity index (χ1v) is 10.9. The van der Waals surface area contributed by atoms with Gasteiger partial charge < -0.3 is 15.3 Å². The summed E-state index contributed by atoms with van der Waals surface area (Å²) in [7, 11) is 1.53. The van der Waals surface area contributed by atoms with Crippen molar-refractivity contribution in [2.45, 2.75) is 25.3 Å². The summed E-state index contributed by atoms with van der Waals surface area (Å²) in [5.41, 5.74) is 2.21. The molecular formula is C24H23N7O3. The number of benzene rings is 2. The van der Waals surface area contributed by atoms with Gasteiger partial charge in [0.15, 0.2) is 5.65 Å². The molecule has 0 radical (unpaired) electrons. The fourth-order valence-electron chi connectivity index (χ4n) is 3.97.